The monoisotopic (exact) mass is 821 g/mol. The minimum Gasteiger partial charge on any atom is -0.468 e. The number of aliphatic imine (C=N–C) groups is 1. The zero-order valence-electron chi connectivity index (χ0n) is 41.1. The highest BCUT2D eigenvalue weighted by Crippen LogP contribution is 2.56. The molecule has 0 radical (unpaired) electrons. The number of aryl methyl sites for hydroxylation is 3. The van der Waals surface area contributed by atoms with Crippen molar-refractivity contribution >= 4 is 44.8 Å². The molecule has 2 aliphatic heterocycles. The van der Waals surface area contributed by atoms with Gasteiger partial charge in [0.15, 0.2) is 0 Å². The number of pyridine rings is 1. The molecule has 0 saturated carbocycles. The van der Waals surface area contributed by atoms with Gasteiger partial charge in [0.05, 0.1) is 22.4 Å². The fourth-order valence-corrected chi connectivity index (χ4v) is 10.3. The van der Waals surface area contributed by atoms with E-state index in [0.29, 0.717) is 5.90 Å². The van der Waals surface area contributed by atoms with Crippen LogP contribution in [0.25, 0.3) is 27.6 Å². The summed E-state index contributed by atoms with van der Waals surface area (Å²) in [5.41, 5.74) is 15.2. The molecule has 1 aliphatic carbocycles. The fourth-order valence-electron chi connectivity index (χ4n) is 10.3. The van der Waals surface area contributed by atoms with Gasteiger partial charge in [-0.05, 0) is 170 Å². The molecule has 0 fully saturated rings. The highest BCUT2D eigenvalue weighted by molar-refractivity contribution is 6.12. The summed E-state index contributed by atoms with van der Waals surface area (Å²) in [6.07, 6.45) is 0.573. The first-order valence-corrected chi connectivity index (χ1v) is 22.4. The second kappa shape index (κ2) is 13.2. The predicted octanol–water partition coefficient (Wildman–Crippen LogP) is 14.5. The van der Waals surface area contributed by atoms with Gasteiger partial charge in [0, 0.05) is 36.4 Å². The van der Waals surface area contributed by atoms with E-state index in [1.54, 1.807) is 0 Å². The minimum atomic E-state index is -1.58. The van der Waals surface area contributed by atoms with Gasteiger partial charge in [-0.25, -0.2) is 9.98 Å². The van der Waals surface area contributed by atoms with E-state index >= 15 is 0 Å². The molecule has 0 unspecified atom stereocenters. The number of hydrogen-bond acceptors (Lipinski definition) is 4. The lowest BCUT2D eigenvalue weighted by atomic mass is 9.67. The molecule has 3 aliphatic rings. The molecule has 5 heteroatoms. The van der Waals surface area contributed by atoms with Crippen LogP contribution in [0.2, 0.25) is 0 Å². The summed E-state index contributed by atoms with van der Waals surface area (Å²) in [6, 6.07) is 33.9. The Morgan fingerprint density at radius 1 is 0.661 bits per heavy atom. The van der Waals surface area contributed by atoms with Crippen molar-refractivity contribution < 1.29 is 7.48 Å². The highest BCUT2D eigenvalue weighted by Gasteiger charge is 2.56. The van der Waals surface area contributed by atoms with Gasteiger partial charge in [0.1, 0.15) is 17.0 Å². The number of ether oxygens (including phenoxy) is 1. The Bertz CT molecular complexity index is 3180. The first-order valence-electron chi connectivity index (χ1n) is 23.4. The average Bonchev–Trinajstić information content (AvgIpc) is 3.67. The van der Waals surface area contributed by atoms with Gasteiger partial charge in [-0.1, -0.05) is 96.8 Å². The molecule has 7 aromatic rings. The number of nitrogens with zero attached hydrogens (tertiary/aromatic N) is 4. The fraction of sp³-hybridized carbons (Fsp3) is 0.368. The topological polar surface area (TPSA) is 42.6 Å². The molecule has 0 spiro atoms. The van der Waals surface area contributed by atoms with Crippen LogP contribution in [0.5, 0.6) is 0 Å². The van der Waals surface area contributed by atoms with Crippen molar-refractivity contribution in [3.63, 3.8) is 0 Å². The molecule has 5 aromatic carbocycles. The largest absolute Gasteiger partial charge is 0.468 e. The first kappa shape index (κ1) is 38.0. The second-order valence-electron chi connectivity index (χ2n) is 21.5. The van der Waals surface area contributed by atoms with Gasteiger partial charge in [-0.3, -0.25) is 4.57 Å². The smallest absolute Gasteiger partial charge is 0.217 e. The van der Waals surface area contributed by atoms with Gasteiger partial charge in [0.2, 0.25) is 5.90 Å². The maximum Gasteiger partial charge on any atom is 0.217 e. The number of rotatable bonds is 3. The molecule has 0 saturated heterocycles. The Balaban J connectivity index is 1.25. The van der Waals surface area contributed by atoms with E-state index in [-0.39, 0.29) is 22.7 Å². The summed E-state index contributed by atoms with van der Waals surface area (Å²) in [6.45, 7) is 30.9. The van der Waals surface area contributed by atoms with Gasteiger partial charge in [-0.2, -0.15) is 0 Å². The highest BCUT2D eigenvalue weighted by atomic mass is 16.5. The van der Waals surface area contributed by atoms with E-state index in [1.807, 2.05) is 20.0 Å². The maximum atomic E-state index is 9.38. The van der Waals surface area contributed by atoms with E-state index in [0.717, 1.165) is 67.3 Å². The van der Waals surface area contributed by atoms with Gasteiger partial charge < -0.3 is 9.64 Å². The summed E-state index contributed by atoms with van der Waals surface area (Å²) in [5.74, 6) is 1.46. The van der Waals surface area contributed by atoms with E-state index < -0.39 is 17.5 Å². The van der Waals surface area contributed by atoms with Crippen molar-refractivity contribution in [2.45, 2.75) is 137 Å². The second-order valence-corrected chi connectivity index (χ2v) is 21.5. The van der Waals surface area contributed by atoms with Crippen LogP contribution in [-0.2, 0) is 32.9 Å². The van der Waals surface area contributed by atoms with Gasteiger partial charge >= 0.3 is 0 Å². The lowest BCUT2D eigenvalue weighted by Crippen LogP contribution is -2.48. The summed E-state index contributed by atoms with van der Waals surface area (Å²) in [5, 5.41) is 2.42. The molecular weight excluding hydrogens is 757 g/mol. The van der Waals surface area contributed by atoms with Crippen LogP contribution >= 0.6 is 0 Å². The Hall–Kier alpha value is -5.68. The minimum absolute atomic E-state index is 0.0441. The number of benzene rings is 5. The summed E-state index contributed by atoms with van der Waals surface area (Å²) < 4.78 is 28.2. The first-order chi connectivity index (χ1) is 29.8. The van der Waals surface area contributed by atoms with Crippen LogP contribution in [0, 0.1) is 27.7 Å². The number of anilines is 3. The Morgan fingerprint density at radius 2 is 1.35 bits per heavy atom. The van der Waals surface area contributed by atoms with E-state index in [4.69, 9.17) is 14.7 Å². The number of aromatic nitrogens is 2. The molecule has 5 nitrogen and oxygen atoms in total. The van der Waals surface area contributed by atoms with Crippen molar-refractivity contribution in [1.29, 1.82) is 0 Å². The third-order valence-electron chi connectivity index (χ3n) is 14.7. The van der Waals surface area contributed by atoms with Crippen molar-refractivity contribution in [3.8, 4) is 5.82 Å². The predicted molar refractivity (Wildman–Crippen MR) is 260 cm³/mol. The zero-order valence-corrected chi connectivity index (χ0v) is 39.1. The zero-order chi connectivity index (χ0) is 45.8. The van der Waals surface area contributed by atoms with Crippen LogP contribution in [0.15, 0.2) is 102 Å². The molecule has 2 atom stereocenters. The molecule has 4 heterocycles. The van der Waals surface area contributed by atoms with Crippen molar-refractivity contribution in [2.24, 2.45) is 4.99 Å². The van der Waals surface area contributed by atoms with Gasteiger partial charge in [-0.15, -0.1) is 0 Å². The average molecular weight is 821 g/mol. The van der Waals surface area contributed by atoms with Crippen LogP contribution in [0.1, 0.15) is 140 Å². The Morgan fingerprint density at radius 3 is 2.10 bits per heavy atom. The van der Waals surface area contributed by atoms with Crippen LogP contribution in [0.4, 0.5) is 17.1 Å². The third kappa shape index (κ3) is 5.86. The van der Waals surface area contributed by atoms with E-state index in [1.165, 1.54) is 38.6 Å². The van der Waals surface area contributed by atoms with Crippen LogP contribution < -0.4 is 4.90 Å². The Labute approximate surface area is 371 Å². The summed E-state index contributed by atoms with van der Waals surface area (Å²) >= 11 is 0. The quantitative estimate of drug-likeness (QED) is 0.178. The van der Waals surface area contributed by atoms with Crippen molar-refractivity contribution in [1.82, 2.24) is 9.55 Å². The lowest BCUT2D eigenvalue weighted by Gasteiger charge is -2.43. The standard InChI is InChI=1S/C57H62N4O/c1-33-15-19-47-42(25-33)43-31-46-50(32-49(43)61(47)51-30-38(22-24-58-51)53(5,6)7)60(48-20-16-34(2)26-45(48)55(46,11)12)40-28-37(27-39(29-40)54(8,9)10)52-59-57(14)44-18-17-35(3)36(4)41(44)21-23-56(57,13)62-52/h15-20,22,24-32H,21,23H2,1-14H3/t56-,57+/m0/s1/i21D2. The number of hydrogen-bond donors (Lipinski definition) is 0. The van der Waals surface area contributed by atoms with Gasteiger partial charge in [0.25, 0.3) is 0 Å². The molecule has 2 aromatic heterocycles. The Kier molecular flexibility index (Phi) is 8.08. The molecule has 10 rings (SSSR count). The van der Waals surface area contributed by atoms with Crippen molar-refractivity contribution in [2.75, 3.05) is 4.90 Å². The third-order valence-corrected chi connectivity index (χ3v) is 14.7. The van der Waals surface area contributed by atoms with E-state index in [2.05, 4.69) is 184 Å². The van der Waals surface area contributed by atoms with Crippen LogP contribution in [0.3, 0.4) is 0 Å². The normalized spacial score (nSPS) is 21.7. The molecule has 0 amide bonds. The molecule has 62 heavy (non-hydrogen) atoms. The summed E-state index contributed by atoms with van der Waals surface area (Å²) in [7, 11) is 0. The van der Waals surface area contributed by atoms with Crippen molar-refractivity contribution in [3.05, 3.63) is 158 Å². The number of fused-ring (bicyclic) bond motifs is 8. The maximum absolute atomic E-state index is 9.38. The molecular formula is C57H62N4O. The van der Waals surface area contributed by atoms with Crippen LogP contribution in [-0.4, -0.2) is 21.0 Å². The lowest BCUT2D eigenvalue weighted by molar-refractivity contribution is 0.0163. The molecule has 0 N–H and O–H groups in total. The molecule has 316 valence electrons. The summed E-state index contributed by atoms with van der Waals surface area (Å²) in [4.78, 5) is 13.0. The molecule has 0 bridgehead atoms. The van der Waals surface area contributed by atoms with E-state index in [9.17, 15) is 2.74 Å². The SMILES string of the molecule is [2H]C1([2H])C[C@]2(C)OC(c3cc(N4c5ccc(C)cc5C(C)(C)c5cc6c7cc(C)ccc7n(-c7cc(C(C)(C)C)ccn7)c6cc54)cc(C(C)(C)C)c3)=N[C@]2(C)c2ccc(C)c(C)c21.